The van der Waals surface area contributed by atoms with Crippen molar-refractivity contribution in [2.24, 2.45) is 10.2 Å². The molecule has 176 valence electrons. The molecule has 0 unspecified atom stereocenters. The van der Waals surface area contributed by atoms with Crippen LogP contribution in [0.15, 0.2) is 117 Å². The van der Waals surface area contributed by atoms with Crippen LogP contribution in [0.4, 0.5) is 11.4 Å². The predicted octanol–water partition coefficient (Wildman–Crippen LogP) is 6.03. The number of hydrogen-bond acceptors (Lipinski definition) is 6. The third-order valence-corrected chi connectivity index (χ3v) is 7.08. The summed E-state index contributed by atoms with van der Waals surface area (Å²) in [4.78, 5) is 0.423. The molecule has 0 radical (unpaired) electrons. The molecule has 0 saturated carbocycles. The van der Waals surface area contributed by atoms with E-state index in [0.29, 0.717) is 11.4 Å². The zero-order valence-corrected chi connectivity index (χ0v) is 20.3. The number of hydrazone groups is 2. The number of benzene rings is 4. The van der Waals surface area contributed by atoms with Crippen LogP contribution in [0.3, 0.4) is 0 Å². The Balaban J connectivity index is 1.37. The van der Waals surface area contributed by atoms with Crippen molar-refractivity contribution in [1.82, 2.24) is 0 Å². The second kappa shape index (κ2) is 10.8. The van der Waals surface area contributed by atoms with Crippen LogP contribution >= 0.6 is 0 Å². The van der Waals surface area contributed by atoms with Crippen molar-refractivity contribution in [2.45, 2.75) is 23.6 Å². The number of rotatable bonds is 8. The molecule has 4 aromatic carbocycles. The summed E-state index contributed by atoms with van der Waals surface area (Å²) in [6, 6.07) is 29.0. The monoisotopic (exact) mass is 482 g/mol. The highest BCUT2D eigenvalue weighted by atomic mass is 32.2. The van der Waals surface area contributed by atoms with Crippen LogP contribution in [-0.2, 0) is 9.84 Å². The Hall–Kier alpha value is -4.23. The SMILES string of the molecule is Cc1ccc(C=NNc2ccc(S(=O)(=O)c3ccc(NN=Cc4ccc(C)cc4)cc3)cc2)cc1. The highest BCUT2D eigenvalue weighted by Gasteiger charge is 2.17. The van der Waals surface area contributed by atoms with E-state index in [1.165, 1.54) is 11.1 Å². The molecule has 6 nitrogen and oxygen atoms in total. The maximum atomic E-state index is 13.0. The Labute approximate surface area is 206 Å². The van der Waals surface area contributed by atoms with Gasteiger partial charge in [0.25, 0.3) is 0 Å². The molecular weight excluding hydrogens is 456 g/mol. The summed E-state index contributed by atoms with van der Waals surface area (Å²) in [6.45, 7) is 4.06. The molecule has 0 aliphatic rings. The number of hydrogen-bond donors (Lipinski definition) is 2. The van der Waals surface area contributed by atoms with Crippen LogP contribution in [-0.4, -0.2) is 20.8 Å². The molecule has 35 heavy (non-hydrogen) atoms. The van der Waals surface area contributed by atoms with E-state index in [0.717, 1.165) is 11.1 Å². The van der Waals surface area contributed by atoms with Crippen molar-refractivity contribution in [3.8, 4) is 0 Å². The Morgan fingerprint density at radius 2 is 0.886 bits per heavy atom. The zero-order chi connectivity index (χ0) is 24.7. The van der Waals surface area contributed by atoms with Crippen LogP contribution in [0, 0.1) is 13.8 Å². The van der Waals surface area contributed by atoms with Gasteiger partial charge >= 0.3 is 0 Å². The van der Waals surface area contributed by atoms with Gasteiger partial charge in [-0.3, -0.25) is 10.9 Å². The highest BCUT2D eigenvalue weighted by Crippen LogP contribution is 2.24. The molecule has 0 fully saturated rings. The summed E-state index contributed by atoms with van der Waals surface area (Å²) in [7, 11) is -3.64. The summed E-state index contributed by atoms with van der Waals surface area (Å²) in [5.74, 6) is 0. The smallest absolute Gasteiger partial charge is 0.206 e. The topological polar surface area (TPSA) is 82.9 Å². The van der Waals surface area contributed by atoms with Crippen molar-refractivity contribution >= 4 is 33.6 Å². The van der Waals surface area contributed by atoms with Gasteiger partial charge in [-0.05, 0) is 73.5 Å². The van der Waals surface area contributed by atoms with Gasteiger partial charge in [-0.2, -0.15) is 10.2 Å². The van der Waals surface area contributed by atoms with Gasteiger partial charge in [0.15, 0.2) is 0 Å². The van der Waals surface area contributed by atoms with Crippen LogP contribution in [0.1, 0.15) is 22.3 Å². The number of anilines is 2. The van der Waals surface area contributed by atoms with Gasteiger partial charge in [-0.1, -0.05) is 59.7 Å². The van der Waals surface area contributed by atoms with Gasteiger partial charge < -0.3 is 0 Å². The normalized spacial score (nSPS) is 11.7. The molecule has 0 aromatic heterocycles. The molecule has 7 heteroatoms. The summed E-state index contributed by atoms with van der Waals surface area (Å²) in [5.41, 5.74) is 11.5. The van der Waals surface area contributed by atoms with E-state index in [1.54, 1.807) is 61.0 Å². The maximum absolute atomic E-state index is 13.0. The van der Waals surface area contributed by atoms with Gasteiger partial charge in [0.05, 0.1) is 33.6 Å². The van der Waals surface area contributed by atoms with Gasteiger partial charge in [-0.25, -0.2) is 8.42 Å². The molecule has 0 bridgehead atoms. The van der Waals surface area contributed by atoms with Crippen LogP contribution in [0.2, 0.25) is 0 Å². The Kier molecular flexibility index (Phi) is 7.38. The van der Waals surface area contributed by atoms with Gasteiger partial charge in [-0.15, -0.1) is 0 Å². The second-order valence-corrected chi connectivity index (χ2v) is 10.1. The van der Waals surface area contributed by atoms with Crippen molar-refractivity contribution in [1.29, 1.82) is 0 Å². The summed E-state index contributed by atoms with van der Waals surface area (Å²) >= 11 is 0. The molecule has 4 rings (SSSR count). The van der Waals surface area contributed by atoms with Crippen LogP contribution in [0.5, 0.6) is 0 Å². The molecule has 0 amide bonds. The fourth-order valence-corrected chi connectivity index (χ4v) is 4.48. The molecule has 0 heterocycles. The molecule has 0 aliphatic carbocycles. The quantitative estimate of drug-likeness (QED) is 0.237. The van der Waals surface area contributed by atoms with E-state index in [9.17, 15) is 8.42 Å². The average Bonchev–Trinajstić information content (AvgIpc) is 2.87. The average molecular weight is 483 g/mol. The summed E-state index contributed by atoms with van der Waals surface area (Å²) in [6.07, 6.45) is 3.43. The Bertz CT molecular complexity index is 1320. The van der Waals surface area contributed by atoms with Crippen molar-refractivity contribution in [2.75, 3.05) is 10.9 Å². The fourth-order valence-electron chi connectivity index (χ4n) is 3.22. The molecule has 0 atom stereocenters. The molecule has 2 N–H and O–H groups in total. The third-order valence-electron chi connectivity index (χ3n) is 5.30. The molecule has 4 aromatic rings. The van der Waals surface area contributed by atoms with Crippen molar-refractivity contribution in [3.05, 3.63) is 119 Å². The first-order chi connectivity index (χ1) is 16.9. The van der Waals surface area contributed by atoms with Gasteiger partial charge in [0, 0.05) is 0 Å². The lowest BCUT2D eigenvalue weighted by molar-refractivity contribution is 0.596. The lowest BCUT2D eigenvalue weighted by atomic mass is 10.2. The first-order valence-corrected chi connectivity index (χ1v) is 12.6. The zero-order valence-electron chi connectivity index (χ0n) is 19.5. The first-order valence-electron chi connectivity index (χ1n) is 11.1. The van der Waals surface area contributed by atoms with Crippen molar-refractivity contribution in [3.63, 3.8) is 0 Å². The summed E-state index contributed by atoms with van der Waals surface area (Å²) in [5, 5.41) is 8.41. The van der Waals surface area contributed by atoms with Crippen molar-refractivity contribution < 1.29 is 8.42 Å². The summed E-state index contributed by atoms with van der Waals surface area (Å²) < 4.78 is 26.0. The first kappa shape index (κ1) is 23.9. The number of aryl methyl sites for hydroxylation is 2. The fraction of sp³-hybridized carbons (Fsp3) is 0.0714. The highest BCUT2D eigenvalue weighted by molar-refractivity contribution is 7.91. The molecule has 0 aliphatic heterocycles. The maximum Gasteiger partial charge on any atom is 0.206 e. The molecule has 0 saturated heterocycles. The lowest BCUT2D eigenvalue weighted by Gasteiger charge is -2.07. The third kappa shape index (κ3) is 6.43. The second-order valence-electron chi connectivity index (χ2n) is 8.11. The Morgan fingerprint density at radius 3 is 1.23 bits per heavy atom. The van der Waals surface area contributed by atoms with E-state index < -0.39 is 9.84 Å². The van der Waals surface area contributed by atoms with E-state index >= 15 is 0 Å². The van der Waals surface area contributed by atoms with E-state index in [2.05, 4.69) is 21.1 Å². The largest absolute Gasteiger partial charge is 0.279 e. The Morgan fingerprint density at radius 1 is 0.543 bits per heavy atom. The molecule has 0 spiro atoms. The van der Waals surface area contributed by atoms with E-state index in [4.69, 9.17) is 0 Å². The van der Waals surface area contributed by atoms with Gasteiger partial charge in [0.1, 0.15) is 0 Å². The van der Waals surface area contributed by atoms with E-state index in [-0.39, 0.29) is 9.79 Å². The van der Waals surface area contributed by atoms with Crippen LogP contribution in [0.25, 0.3) is 0 Å². The minimum atomic E-state index is -3.64. The minimum Gasteiger partial charge on any atom is -0.279 e. The number of nitrogens with one attached hydrogen (secondary N) is 2. The number of sulfone groups is 1. The minimum absolute atomic E-state index is 0.212. The molecular formula is C28H26N4O2S. The van der Waals surface area contributed by atoms with Gasteiger partial charge in [0.2, 0.25) is 9.84 Å². The van der Waals surface area contributed by atoms with E-state index in [1.807, 2.05) is 62.4 Å². The lowest BCUT2D eigenvalue weighted by Crippen LogP contribution is -2.02. The standard InChI is InChI=1S/C28H26N4O2S/c1-21-3-7-23(8-4-21)19-29-31-25-11-15-27(16-12-25)35(33,34)28-17-13-26(14-18-28)32-30-20-24-9-5-22(2)6-10-24/h3-20,31-32H,1-2H3. The number of nitrogens with zero attached hydrogens (tertiary/aromatic N) is 2. The van der Waals surface area contributed by atoms with Crippen LogP contribution < -0.4 is 10.9 Å². The predicted molar refractivity (Wildman–Crippen MR) is 143 cm³/mol.